The maximum atomic E-state index is 12.4. The average Bonchev–Trinajstić information content (AvgIpc) is 1.30. The maximum absolute atomic E-state index is 12.4. The third-order valence-electron chi connectivity index (χ3n) is 0.488. The van der Waals surface area contributed by atoms with Crippen LogP contribution in [0.3, 0.4) is 0 Å². The third-order valence-corrected chi connectivity index (χ3v) is 1.46. The van der Waals surface area contributed by atoms with Gasteiger partial charge in [0, 0.05) is 5.75 Å². The Morgan fingerprint density at radius 3 is 2.00 bits per heavy atom. The van der Waals surface area contributed by atoms with Gasteiger partial charge in [0.05, 0.1) is 0 Å². The molecule has 44 valence electrons. The molecule has 0 aromatic rings. The molecule has 0 aromatic heterocycles. The van der Waals surface area contributed by atoms with Gasteiger partial charge in [-0.2, -0.15) is 11.8 Å². The highest BCUT2D eigenvalue weighted by Gasteiger charge is 2.12. The molecule has 0 aliphatic rings. The van der Waals surface area contributed by atoms with E-state index in [4.69, 9.17) is 0 Å². The van der Waals surface area contributed by atoms with Crippen molar-refractivity contribution in [3.05, 3.63) is 0 Å². The van der Waals surface area contributed by atoms with Gasteiger partial charge in [-0.3, -0.25) is 0 Å². The van der Waals surface area contributed by atoms with Gasteiger partial charge in [-0.05, 0) is 20.1 Å². The molecule has 0 nitrogen and oxygen atoms in total. The van der Waals surface area contributed by atoms with Crippen molar-refractivity contribution in [1.82, 2.24) is 0 Å². The van der Waals surface area contributed by atoms with Crippen LogP contribution in [-0.4, -0.2) is 17.7 Å². The van der Waals surface area contributed by atoms with Crippen molar-refractivity contribution < 1.29 is 4.39 Å². The van der Waals surface area contributed by atoms with Crippen molar-refractivity contribution in [3.63, 3.8) is 0 Å². The molecule has 0 bridgehead atoms. The Morgan fingerprint density at radius 1 is 1.57 bits per heavy atom. The van der Waals surface area contributed by atoms with E-state index in [2.05, 4.69) is 0 Å². The lowest BCUT2D eigenvalue weighted by molar-refractivity contribution is 0.253. The molecule has 2 heteroatoms. The van der Waals surface area contributed by atoms with Gasteiger partial charge in [0.2, 0.25) is 0 Å². The SMILES string of the molecule is CSCC(C)(C)F. The van der Waals surface area contributed by atoms with Crippen molar-refractivity contribution in [2.24, 2.45) is 0 Å². The van der Waals surface area contributed by atoms with E-state index in [1.807, 2.05) is 6.26 Å². The van der Waals surface area contributed by atoms with Crippen molar-refractivity contribution >= 4 is 11.8 Å². The first-order valence-corrected chi connectivity index (χ1v) is 3.63. The minimum atomic E-state index is -0.987. The summed E-state index contributed by atoms with van der Waals surface area (Å²) < 4.78 is 12.4. The molecule has 0 radical (unpaired) electrons. The highest BCUT2D eigenvalue weighted by Crippen LogP contribution is 2.13. The number of hydrogen-bond acceptors (Lipinski definition) is 1. The summed E-state index contributed by atoms with van der Waals surface area (Å²) in [5, 5.41) is 0. The number of alkyl halides is 1. The fourth-order valence-electron chi connectivity index (χ4n) is 0.343. The summed E-state index contributed by atoms with van der Waals surface area (Å²) in [6.45, 7) is 3.17. The number of hydrogen-bond donors (Lipinski definition) is 0. The molecular formula is C5H11FS. The van der Waals surface area contributed by atoms with Crippen LogP contribution in [0.15, 0.2) is 0 Å². The Hall–Kier alpha value is 0.280. The van der Waals surface area contributed by atoms with Gasteiger partial charge in [-0.25, -0.2) is 4.39 Å². The molecule has 0 aliphatic carbocycles. The standard InChI is InChI=1S/C5H11FS/c1-5(2,6)4-7-3/h4H2,1-3H3. The van der Waals surface area contributed by atoms with E-state index in [1.54, 1.807) is 13.8 Å². The predicted octanol–water partition coefficient (Wildman–Crippen LogP) is 2.10. The fraction of sp³-hybridized carbons (Fsp3) is 1.00. The monoisotopic (exact) mass is 122 g/mol. The van der Waals surface area contributed by atoms with E-state index in [-0.39, 0.29) is 0 Å². The first-order valence-electron chi connectivity index (χ1n) is 2.24. The van der Waals surface area contributed by atoms with Crippen LogP contribution in [0, 0.1) is 0 Å². The molecule has 0 atom stereocenters. The predicted molar refractivity (Wildman–Crippen MR) is 33.6 cm³/mol. The fourth-order valence-corrected chi connectivity index (χ4v) is 1.03. The Bertz CT molecular complexity index is 46.5. The first kappa shape index (κ1) is 7.28. The van der Waals surface area contributed by atoms with Crippen LogP contribution >= 0.6 is 11.8 Å². The summed E-state index contributed by atoms with van der Waals surface area (Å²) in [6.07, 6.45) is 1.90. The minimum absolute atomic E-state index is 0.590. The lowest BCUT2D eigenvalue weighted by Crippen LogP contribution is -2.14. The number of rotatable bonds is 2. The molecule has 0 heterocycles. The molecule has 7 heavy (non-hydrogen) atoms. The van der Waals surface area contributed by atoms with Crippen LogP contribution in [-0.2, 0) is 0 Å². The molecule has 0 aromatic carbocycles. The van der Waals surface area contributed by atoms with Gasteiger partial charge in [0.15, 0.2) is 0 Å². The molecule has 0 rings (SSSR count). The van der Waals surface area contributed by atoms with Crippen LogP contribution in [0.4, 0.5) is 4.39 Å². The molecular weight excluding hydrogens is 111 g/mol. The summed E-state index contributed by atoms with van der Waals surface area (Å²) in [5.74, 6) is 0.590. The zero-order valence-electron chi connectivity index (χ0n) is 4.99. The zero-order valence-corrected chi connectivity index (χ0v) is 5.81. The van der Waals surface area contributed by atoms with Crippen molar-refractivity contribution in [1.29, 1.82) is 0 Å². The summed E-state index contributed by atoms with van der Waals surface area (Å²) in [7, 11) is 0. The second kappa shape index (κ2) is 2.55. The van der Waals surface area contributed by atoms with Crippen LogP contribution < -0.4 is 0 Å². The molecule has 0 N–H and O–H groups in total. The molecule has 0 aliphatic heterocycles. The van der Waals surface area contributed by atoms with E-state index in [0.29, 0.717) is 5.75 Å². The van der Waals surface area contributed by atoms with Crippen LogP contribution in [0.1, 0.15) is 13.8 Å². The highest BCUT2D eigenvalue weighted by molar-refractivity contribution is 7.98. The topological polar surface area (TPSA) is 0 Å². The van der Waals surface area contributed by atoms with Crippen LogP contribution in [0.2, 0.25) is 0 Å². The molecule has 0 unspecified atom stereocenters. The van der Waals surface area contributed by atoms with Gasteiger partial charge in [0.25, 0.3) is 0 Å². The van der Waals surface area contributed by atoms with Gasteiger partial charge >= 0.3 is 0 Å². The average molecular weight is 122 g/mol. The molecule has 0 saturated carbocycles. The normalized spacial score (nSPS) is 12.0. The van der Waals surface area contributed by atoms with E-state index < -0.39 is 5.67 Å². The molecule has 0 fully saturated rings. The minimum Gasteiger partial charge on any atom is -0.244 e. The summed E-state index contributed by atoms with van der Waals surface area (Å²) in [4.78, 5) is 0. The van der Waals surface area contributed by atoms with Gasteiger partial charge in [0.1, 0.15) is 5.67 Å². The third kappa shape index (κ3) is 6.28. The second-order valence-electron chi connectivity index (χ2n) is 2.15. The van der Waals surface area contributed by atoms with E-state index >= 15 is 0 Å². The van der Waals surface area contributed by atoms with Crippen LogP contribution in [0.5, 0.6) is 0 Å². The van der Waals surface area contributed by atoms with Gasteiger partial charge in [-0.15, -0.1) is 0 Å². The molecule has 0 spiro atoms. The van der Waals surface area contributed by atoms with Crippen molar-refractivity contribution in [3.8, 4) is 0 Å². The lowest BCUT2D eigenvalue weighted by Gasteiger charge is -2.09. The summed E-state index contributed by atoms with van der Waals surface area (Å²) >= 11 is 1.53. The smallest absolute Gasteiger partial charge is 0.114 e. The lowest BCUT2D eigenvalue weighted by atomic mass is 10.2. The first-order chi connectivity index (χ1) is 3.06. The number of thioether (sulfide) groups is 1. The van der Waals surface area contributed by atoms with E-state index in [1.165, 1.54) is 11.8 Å². The molecule has 0 saturated heterocycles. The maximum Gasteiger partial charge on any atom is 0.114 e. The van der Waals surface area contributed by atoms with E-state index in [9.17, 15) is 4.39 Å². The van der Waals surface area contributed by atoms with Crippen LogP contribution in [0.25, 0.3) is 0 Å². The number of halogens is 1. The van der Waals surface area contributed by atoms with E-state index in [0.717, 1.165) is 0 Å². The summed E-state index contributed by atoms with van der Waals surface area (Å²) in [6, 6.07) is 0. The second-order valence-corrected chi connectivity index (χ2v) is 3.02. The Morgan fingerprint density at radius 2 is 2.00 bits per heavy atom. The quantitative estimate of drug-likeness (QED) is 0.540. The Balaban J connectivity index is 3.15. The van der Waals surface area contributed by atoms with Crippen molar-refractivity contribution in [2.75, 3.05) is 12.0 Å². The Kier molecular flexibility index (Phi) is 2.66. The summed E-state index contributed by atoms with van der Waals surface area (Å²) in [5.41, 5.74) is -0.987. The zero-order chi connectivity index (χ0) is 5.91. The molecule has 0 amide bonds. The van der Waals surface area contributed by atoms with Gasteiger partial charge in [-0.1, -0.05) is 0 Å². The van der Waals surface area contributed by atoms with Gasteiger partial charge < -0.3 is 0 Å². The highest BCUT2D eigenvalue weighted by atomic mass is 32.2. The Labute approximate surface area is 48.5 Å². The van der Waals surface area contributed by atoms with Crippen molar-refractivity contribution in [2.45, 2.75) is 19.5 Å². The largest absolute Gasteiger partial charge is 0.244 e.